The molecule has 42 heavy (non-hydrogen) atoms. The topological polar surface area (TPSA) is 12.9 Å². The third-order valence-electron chi connectivity index (χ3n) is 8.04. The van der Waals surface area contributed by atoms with Gasteiger partial charge in [-0.2, -0.15) is 0 Å². The first-order valence-electron chi connectivity index (χ1n) is 14.0. The number of fused-ring (bicyclic) bond motifs is 4. The van der Waals surface area contributed by atoms with E-state index in [-0.39, 0.29) is 5.82 Å². The van der Waals surface area contributed by atoms with Gasteiger partial charge in [0.1, 0.15) is 10.6 Å². The molecule has 0 N–H and O–H groups in total. The van der Waals surface area contributed by atoms with E-state index >= 15 is 0 Å². The predicted octanol–water partition coefficient (Wildman–Crippen LogP) is 11.4. The summed E-state index contributed by atoms with van der Waals surface area (Å²) in [5.41, 5.74) is 9.26. The van der Waals surface area contributed by atoms with Gasteiger partial charge in [-0.1, -0.05) is 103 Å². The second-order valence-electron chi connectivity index (χ2n) is 10.6. The normalized spacial score (nSPS) is 11.5. The number of hydrogen-bond acceptors (Lipinski definition) is 2. The van der Waals surface area contributed by atoms with Gasteiger partial charge < -0.3 is 0 Å². The van der Waals surface area contributed by atoms with Crippen LogP contribution in [0, 0.1) is 5.82 Å². The van der Waals surface area contributed by atoms with E-state index < -0.39 is 0 Å². The second kappa shape index (κ2) is 10.1. The Labute approximate surface area is 247 Å². The van der Waals surface area contributed by atoms with E-state index in [1.807, 2.05) is 24.4 Å². The van der Waals surface area contributed by atoms with Gasteiger partial charge in [0.15, 0.2) is 0 Å². The molecule has 6 aromatic carbocycles. The van der Waals surface area contributed by atoms with Crippen molar-refractivity contribution in [2.45, 2.75) is 0 Å². The quantitative estimate of drug-likeness (QED) is 0.210. The van der Waals surface area contributed by atoms with Gasteiger partial charge in [0.25, 0.3) is 0 Å². The van der Waals surface area contributed by atoms with E-state index in [9.17, 15) is 4.39 Å². The van der Waals surface area contributed by atoms with Crippen molar-refractivity contribution >= 4 is 42.4 Å². The first-order valence-corrected chi connectivity index (χ1v) is 14.8. The number of hydrogen-bond donors (Lipinski definition) is 0. The summed E-state index contributed by atoms with van der Waals surface area (Å²) in [5.74, 6) is -0.218. The van der Waals surface area contributed by atoms with Gasteiger partial charge in [0, 0.05) is 21.7 Å². The highest BCUT2D eigenvalue weighted by atomic mass is 32.1. The number of halogens is 1. The summed E-state index contributed by atoms with van der Waals surface area (Å²) in [6.07, 6.45) is 1.87. The molecule has 0 radical (unpaired) electrons. The first-order chi connectivity index (χ1) is 20.7. The molecule has 0 saturated carbocycles. The highest BCUT2D eigenvalue weighted by Gasteiger charge is 2.11. The summed E-state index contributed by atoms with van der Waals surface area (Å²) in [6.45, 7) is 0. The Morgan fingerprint density at radius 2 is 0.976 bits per heavy atom. The molecule has 0 bridgehead atoms. The highest BCUT2D eigenvalue weighted by molar-refractivity contribution is 7.26. The Bertz CT molecular complexity index is 2230. The van der Waals surface area contributed by atoms with Crippen molar-refractivity contribution in [1.29, 1.82) is 0 Å². The standard InChI is InChI=1S/C39H24FNS/c40-34-20-18-26(19-21-34)25-6-8-27(9-7-25)31-16-12-29-13-17-32(24-33(29)23-31)28-10-14-30(15-11-28)35-3-1-4-36-37-5-2-22-41-39(37)42-38(35)36/h1-24H. The van der Waals surface area contributed by atoms with Crippen molar-refractivity contribution < 1.29 is 4.39 Å². The highest BCUT2D eigenvalue weighted by Crippen LogP contribution is 2.39. The maximum Gasteiger partial charge on any atom is 0.124 e. The van der Waals surface area contributed by atoms with Crippen LogP contribution in [0.5, 0.6) is 0 Å². The van der Waals surface area contributed by atoms with Gasteiger partial charge in [-0.25, -0.2) is 9.37 Å². The third kappa shape index (κ3) is 4.36. The molecule has 2 heterocycles. The minimum absolute atomic E-state index is 0.218. The molecule has 8 aromatic rings. The van der Waals surface area contributed by atoms with E-state index in [4.69, 9.17) is 0 Å². The third-order valence-corrected chi connectivity index (χ3v) is 9.20. The molecule has 0 amide bonds. The average Bonchev–Trinajstić information content (AvgIpc) is 3.44. The summed E-state index contributed by atoms with van der Waals surface area (Å²) in [4.78, 5) is 5.66. The van der Waals surface area contributed by atoms with Crippen molar-refractivity contribution in [3.8, 4) is 44.5 Å². The summed E-state index contributed by atoms with van der Waals surface area (Å²) >= 11 is 1.76. The summed E-state index contributed by atoms with van der Waals surface area (Å²) in [6, 6.07) is 48.0. The number of benzene rings is 6. The Morgan fingerprint density at radius 1 is 0.452 bits per heavy atom. The van der Waals surface area contributed by atoms with Crippen molar-refractivity contribution in [3.05, 3.63) is 152 Å². The molecule has 8 rings (SSSR count). The van der Waals surface area contributed by atoms with Gasteiger partial charge in [-0.3, -0.25) is 0 Å². The van der Waals surface area contributed by atoms with Crippen LogP contribution < -0.4 is 0 Å². The van der Waals surface area contributed by atoms with Crippen molar-refractivity contribution in [2.24, 2.45) is 0 Å². The lowest BCUT2D eigenvalue weighted by atomic mass is 9.95. The van der Waals surface area contributed by atoms with Crippen molar-refractivity contribution in [1.82, 2.24) is 4.98 Å². The van der Waals surface area contributed by atoms with Gasteiger partial charge in [-0.15, -0.1) is 11.3 Å². The lowest BCUT2D eigenvalue weighted by Gasteiger charge is -2.09. The van der Waals surface area contributed by atoms with Gasteiger partial charge in [-0.05, 0) is 91.7 Å². The van der Waals surface area contributed by atoms with Gasteiger partial charge in [0.2, 0.25) is 0 Å². The SMILES string of the molecule is Fc1ccc(-c2ccc(-c3ccc4ccc(-c5ccc(-c6cccc7c6sc6ncccc67)cc5)cc4c3)cc2)cc1. The molecule has 198 valence electrons. The molecule has 0 unspecified atom stereocenters. The van der Waals surface area contributed by atoms with Crippen LogP contribution in [0.25, 0.3) is 75.6 Å². The molecule has 2 aromatic heterocycles. The Hall–Kier alpha value is -5.12. The smallest absolute Gasteiger partial charge is 0.124 e. The number of thiophene rings is 1. The van der Waals surface area contributed by atoms with Crippen LogP contribution in [0.3, 0.4) is 0 Å². The van der Waals surface area contributed by atoms with E-state index in [1.54, 1.807) is 11.3 Å². The van der Waals surface area contributed by atoms with Crippen LogP contribution >= 0.6 is 11.3 Å². The lowest BCUT2D eigenvalue weighted by molar-refractivity contribution is 0.628. The second-order valence-corrected chi connectivity index (χ2v) is 11.6. The number of rotatable bonds is 4. The van der Waals surface area contributed by atoms with E-state index in [2.05, 4.69) is 114 Å². The molecular weight excluding hydrogens is 534 g/mol. The van der Waals surface area contributed by atoms with E-state index in [0.717, 1.165) is 21.5 Å². The zero-order chi connectivity index (χ0) is 28.0. The van der Waals surface area contributed by atoms with Crippen molar-refractivity contribution in [2.75, 3.05) is 0 Å². The Kier molecular flexibility index (Phi) is 5.90. The monoisotopic (exact) mass is 557 g/mol. The van der Waals surface area contributed by atoms with Crippen LogP contribution in [0.1, 0.15) is 0 Å². The summed E-state index contributed by atoms with van der Waals surface area (Å²) < 4.78 is 14.6. The van der Waals surface area contributed by atoms with Crippen LogP contribution in [-0.4, -0.2) is 4.98 Å². The minimum Gasteiger partial charge on any atom is -0.245 e. The largest absolute Gasteiger partial charge is 0.245 e. The molecule has 0 aliphatic heterocycles. The molecule has 0 saturated heterocycles. The lowest BCUT2D eigenvalue weighted by Crippen LogP contribution is -1.84. The van der Waals surface area contributed by atoms with Crippen LogP contribution in [0.15, 0.2) is 146 Å². The molecule has 3 heteroatoms. The fraction of sp³-hybridized carbons (Fsp3) is 0. The molecular formula is C39H24FNS. The fourth-order valence-corrected chi connectivity index (χ4v) is 6.98. The zero-order valence-electron chi connectivity index (χ0n) is 22.6. The summed E-state index contributed by atoms with van der Waals surface area (Å²) in [5, 5.41) is 4.90. The van der Waals surface area contributed by atoms with Crippen LogP contribution in [-0.2, 0) is 0 Å². The van der Waals surface area contributed by atoms with Gasteiger partial charge in [0.05, 0.1) is 0 Å². The molecule has 0 atom stereocenters. The number of aromatic nitrogens is 1. The Balaban J connectivity index is 1.10. The minimum atomic E-state index is -0.218. The molecule has 1 nitrogen and oxygen atoms in total. The number of nitrogens with zero attached hydrogens (tertiary/aromatic N) is 1. The maximum absolute atomic E-state index is 13.3. The zero-order valence-corrected chi connectivity index (χ0v) is 23.4. The van der Waals surface area contributed by atoms with Crippen molar-refractivity contribution in [3.63, 3.8) is 0 Å². The molecule has 0 aliphatic carbocycles. The average molecular weight is 558 g/mol. The van der Waals surface area contributed by atoms with Crippen LogP contribution in [0.4, 0.5) is 4.39 Å². The van der Waals surface area contributed by atoms with E-state index in [0.29, 0.717) is 0 Å². The molecule has 0 fully saturated rings. The Morgan fingerprint density at radius 3 is 1.62 bits per heavy atom. The van der Waals surface area contributed by atoms with Crippen LogP contribution in [0.2, 0.25) is 0 Å². The number of pyridine rings is 1. The van der Waals surface area contributed by atoms with Gasteiger partial charge >= 0.3 is 0 Å². The van der Waals surface area contributed by atoms with E-state index in [1.165, 1.54) is 66.2 Å². The molecule has 0 spiro atoms. The summed E-state index contributed by atoms with van der Waals surface area (Å²) in [7, 11) is 0. The predicted molar refractivity (Wildman–Crippen MR) is 176 cm³/mol. The molecule has 0 aliphatic rings. The fourth-order valence-electron chi connectivity index (χ4n) is 5.81. The first kappa shape index (κ1) is 24.7. The maximum atomic E-state index is 13.3.